The molecule has 0 radical (unpaired) electrons. The molecule has 1 heterocycles. The smallest absolute Gasteiger partial charge is 0.248 e. The summed E-state index contributed by atoms with van der Waals surface area (Å²) in [6.07, 6.45) is 5.73. The summed E-state index contributed by atoms with van der Waals surface area (Å²) in [6, 6.07) is 4.39. The summed E-state index contributed by atoms with van der Waals surface area (Å²) in [6.45, 7) is 11.9. The summed E-state index contributed by atoms with van der Waals surface area (Å²) < 4.78 is 0. The fraction of sp³-hybridized carbons (Fsp3) is 0.692. The third kappa shape index (κ3) is 7.79. The van der Waals surface area contributed by atoms with Gasteiger partial charge in [0.25, 0.3) is 0 Å². The molecular weight excluding hydrogens is 432 g/mol. The lowest BCUT2D eigenvalue weighted by atomic mass is 9.69. The third-order valence-electron chi connectivity index (χ3n) is 6.81. The molecule has 0 aliphatic heterocycles. The van der Waals surface area contributed by atoms with E-state index in [2.05, 4.69) is 22.5 Å². The largest absolute Gasteiger partial charge is 0.344 e. The Balaban J connectivity index is 2.30. The van der Waals surface area contributed by atoms with Crippen molar-refractivity contribution in [1.82, 2.24) is 15.8 Å². The molecule has 1 fully saturated rings. The number of pyridine rings is 1. The minimum absolute atomic E-state index is 0.00767. The minimum atomic E-state index is -0.833. The van der Waals surface area contributed by atoms with Gasteiger partial charge in [-0.3, -0.25) is 19.6 Å². The van der Waals surface area contributed by atoms with E-state index in [0.717, 1.165) is 25.7 Å². The maximum atomic E-state index is 13.7. The van der Waals surface area contributed by atoms with Crippen LogP contribution in [0.25, 0.3) is 0 Å². The van der Waals surface area contributed by atoms with E-state index in [1.807, 2.05) is 40.1 Å². The average molecular weight is 475 g/mol. The number of hydrogen-bond acceptors (Lipinski definition) is 5. The van der Waals surface area contributed by atoms with Crippen LogP contribution in [-0.4, -0.2) is 34.0 Å². The number of nitrogens with one attached hydrogen (secondary N) is 3. The molecule has 0 spiro atoms. The molecule has 3 amide bonds. The third-order valence-corrected chi connectivity index (χ3v) is 6.81. The molecule has 0 saturated heterocycles. The van der Waals surface area contributed by atoms with Gasteiger partial charge in [0.2, 0.25) is 17.7 Å². The molecule has 34 heavy (non-hydrogen) atoms. The van der Waals surface area contributed by atoms with E-state index in [9.17, 15) is 19.6 Å². The van der Waals surface area contributed by atoms with E-state index >= 15 is 0 Å². The molecule has 4 N–H and O–H groups in total. The fourth-order valence-electron chi connectivity index (χ4n) is 4.93. The highest BCUT2D eigenvalue weighted by atomic mass is 16.5. The van der Waals surface area contributed by atoms with Gasteiger partial charge in [-0.25, -0.2) is 10.5 Å². The summed E-state index contributed by atoms with van der Waals surface area (Å²) in [7, 11) is 0. The number of carbonyl (C=O) groups excluding carboxylic acids is 3. The second-order valence-electron chi connectivity index (χ2n) is 11.3. The fourth-order valence-corrected chi connectivity index (χ4v) is 4.93. The van der Waals surface area contributed by atoms with Crippen LogP contribution in [0.5, 0.6) is 0 Å². The van der Waals surface area contributed by atoms with Gasteiger partial charge in [-0.15, -0.1) is 0 Å². The van der Waals surface area contributed by atoms with Gasteiger partial charge >= 0.3 is 0 Å². The Labute approximate surface area is 203 Å². The van der Waals surface area contributed by atoms with Crippen LogP contribution in [0.1, 0.15) is 73.6 Å². The maximum Gasteiger partial charge on any atom is 0.248 e. The number of carbonyl (C=O) groups is 3. The second kappa shape index (κ2) is 12.3. The summed E-state index contributed by atoms with van der Waals surface area (Å²) in [5.41, 5.74) is 1.24. The maximum absolute atomic E-state index is 13.7. The van der Waals surface area contributed by atoms with Crippen molar-refractivity contribution in [3.05, 3.63) is 24.4 Å². The van der Waals surface area contributed by atoms with E-state index in [1.54, 1.807) is 24.4 Å². The predicted molar refractivity (Wildman–Crippen MR) is 132 cm³/mol. The van der Waals surface area contributed by atoms with Gasteiger partial charge in [0.05, 0.1) is 11.8 Å². The molecule has 8 heteroatoms. The molecular formula is C26H42N4O4. The molecule has 190 valence electrons. The van der Waals surface area contributed by atoms with Crippen molar-refractivity contribution in [3.8, 4) is 0 Å². The number of hydroxylamine groups is 1. The van der Waals surface area contributed by atoms with Gasteiger partial charge in [0.1, 0.15) is 11.9 Å². The number of hydrogen-bond donors (Lipinski definition) is 4. The molecule has 2 rings (SSSR count). The summed E-state index contributed by atoms with van der Waals surface area (Å²) >= 11 is 0. The number of amides is 3. The van der Waals surface area contributed by atoms with Crippen LogP contribution in [0.4, 0.5) is 5.82 Å². The first-order chi connectivity index (χ1) is 15.9. The van der Waals surface area contributed by atoms with Crippen molar-refractivity contribution in [2.45, 2.75) is 79.7 Å². The van der Waals surface area contributed by atoms with E-state index in [-0.39, 0.29) is 23.7 Å². The highest BCUT2D eigenvalue weighted by Crippen LogP contribution is 2.39. The van der Waals surface area contributed by atoms with Crippen molar-refractivity contribution in [3.63, 3.8) is 0 Å². The Morgan fingerprint density at radius 1 is 1.06 bits per heavy atom. The molecule has 1 aliphatic rings. The summed E-state index contributed by atoms with van der Waals surface area (Å²) in [5, 5.41) is 15.2. The predicted octanol–water partition coefficient (Wildman–Crippen LogP) is 4.16. The van der Waals surface area contributed by atoms with Crippen LogP contribution in [-0.2, 0) is 14.4 Å². The zero-order valence-electron chi connectivity index (χ0n) is 21.4. The summed E-state index contributed by atoms with van der Waals surface area (Å²) in [4.78, 5) is 43.8. The van der Waals surface area contributed by atoms with Gasteiger partial charge in [-0.05, 0) is 54.6 Å². The molecule has 1 aromatic heterocycles. The molecule has 1 aliphatic carbocycles. The van der Waals surface area contributed by atoms with Gasteiger partial charge in [-0.1, -0.05) is 60.5 Å². The number of aromatic nitrogens is 1. The zero-order chi connectivity index (χ0) is 25.5. The van der Waals surface area contributed by atoms with Crippen molar-refractivity contribution in [2.75, 3.05) is 5.32 Å². The minimum Gasteiger partial charge on any atom is -0.344 e. The van der Waals surface area contributed by atoms with Crippen LogP contribution in [0, 0.1) is 35.0 Å². The van der Waals surface area contributed by atoms with Gasteiger partial charge < -0.3 is 10.6 Å². The normalized spacial score (nSPS) is 21.3. The van der Waals surface area contributed by atoms with Crippen molar-refractivity contribution >= 4 is 23.5 Å². The Hall–Kier alpha value is -2.48. The van der Waals surface area contributed by atoms with Gasteiger partial charge in [0, 0.05) is 6.20 Å². The zero-order valence-corrected chi connectivity index (χ0v) is 21.4. The van der Waals surface area contributed by atoms with Crippen molar-refractivity contribution < 1.29 is 19.6 Å². The van der Waals surface area contributed by atoms with E-state index < -0.39 is 29.2 Å². The summed E-state index contributed by atoms with van der Waals surface area (Å²) in [5.74, 6) is -1.37. The Morgan fingerprint density at radius 3 is 2.21 bits per heavy atom. The first-order valence-corrected chi connectivity index (χ1v) is 12.4. The lowest BCUT2D eigenvalue weighted by Crippen LogP contribution is -2.55. The van der Waals surface area contributed by atoms with Crippen molar-refractivity contribution in [1.29, 1.82) is 0 Å². The standard InChI is InChI=1S/C26H42N4O4/c1-16(2)15-19(21(24(32)30-34)18-12-10-17(3)11-13-18)23(31)29-22(26(4,5)6)25(33)28-20-9-7-8-14-27-20/h7-9,14,16-19,21-22,34H,10-13,15H2,1-6H3,(H,29,31)(H,30,32)(H,27,28,33). The molecule has 1 aromatic rings. The highest BCUT2D eigenvalue weighted by Gasteiger charge is 2.43. The Kier molecular flexibility index (Phi) is 10.0. The quantitative estimate of drug-likeness (QED) is 0.316. The van der Waals surface area contributed by atoms with Crippen LogP contribution in [0.2, 0.25) is 0 Å². The van der Waals surface area contributed by atoms with Crippen LogP contribution in [0.15, 0.2) is 24.4 Å². The first-order valence-electron chi connectivity index (χ1n) is 12.4. The monoisotopic (exact) mass is 474 g/mol. The number of anilines is 1. The molecule has 0 bridgehead atoms. The number of rotatable bonds is 9. The van der Waals surface area contributed by atoms with Gasteiger partial charge in [-0.2, -0.15) is 0 Å². The van der Waals surface area contributed by atoms with E-state index in [1.165, 1.54) is 0 Å². The van der Waals surface area contributed by atoms with Crippen LogP contribution in [0.3, 0.4) is 0 Å². The average Bonchev–Trinajstić information content (AvgIpc) is 2.77. The van der Waals surface area contributed by atoms with Crippen LogP contribution >= 0.6 is 0 Å². The Morgan fingerprint density at radius 2 is 1.71 bits per heavy atom. The lowest BCUT2D eigenvalue weighted by molar-refractivity contribution is -0.145. The molecule has 0 aromatic carbocycles. The molecule has 3 atom stereocenters. The SMILES string of the molecule is CC(C)CC(C(=O)NC(C(=O)Nc1ccccn1)C(C)(C)C)C(C(=O)NO)C1CCC(C)CC1. The number of nitrogens with zero attached hydrogens (tertiary/aromatic N) is 1. The van der Waals surface area contributed by atoms with Crippen molar-refractivity contribution in [2.24, 2.45) is 35.0 Å². The topological polar surface area (TPSA) is 120 Å². The van der Waals surface area contributed by atoms with Crippen LogP contribution < -0.4 is 16.1 Å². The molecule has 3 unspecified atom stereocenters. The molecule has 1 saturated carbocycles. The molecule has 8 nitrogen and oxygen atoms in total. The highest BCUT2D eigenvalue weighted by molar-refractivity contribution is 5.98. The van der Waals surface area contributed by atoms with E-state index in [0.29, 0.717) is 18.2 Å². The second-order valence-corrected chi connectivity index (χ2v) is 11.3. The lowest BCUT2D eigenvalue weighted by Gasteiger charge is -2.37. The Bertz CT molecular complexity index is 814. The van der Waals surface area contributed by atoms with E-state index in [4.69, 9.17) is 0 Å². The first kappa shape index (κ1) is 27.8. The van der Waals surface area contributed by atoms with Gasteiger partial charge in [0.15, 0.2) is 0 Å².